The number of aromatic nitrogens is 2. The molecule has 0 spiro atoms. The van der Waals surface area contributed by atoms with E-state index in [1.807, 2.05) is 54.6 Å². The van der Waals surface area contributed by atoms with E-state index in [2.05, 4.69) is 124 Å². The van der Waals surface area contributed by atoms with Gasteiger partial charge in [0.15, 0.2) is 0 Å². The molecule has 0 radical (unpaired) electrons. The Morgan fingerprint density at radius 2 is 1.11 bits per heavy atom. The number of hydrogen-bond donors (Lipinski definition) is 0. The Hall–Kier alpha value is -5.65. The van der Waals surface area contributed by atoms with Crippen molar-refractivity contribution < 1.29 is 9.47 Å². The monoisotopic (exact) mass is 658 g/mol. The molecule has 8 aromatic rings. The van der Waals surface area contributed by atoms with Crippen LogP contribution in [0, 0.1) is 0 Å². The second-order valence-electron chi connectivity index (χ2n) is 11.0. The molecule has 8 rings (SSSR count). The standard InChI is InChI=1S/C41H27BrN2O2/c42-30-15-9-16-31(25-30)45-32-21-22-37-36-17-7-8-20-38(36)44(39(37)26-32)40-27-33(23-24-43-40)46-41-34(28-11-3-1-4-12-28)18-10-19-35(41)29-13-5-2-6-14-29/h1-27H. The maximum Gasteiger partial charge on any atom is 0.143 e. The summed E-state index contributed by atoms with van der Waals surface area (Å²) in [5, 5.41) is 2.26. The molecular weight excluding hydrogens is 632 g/mol. The minimum Gasteiger partial charge on any atom is -0.457 e. The van der Waals surface area contributed by atoms with Crippen molar-refractivity contribution in [3.8, 4) is 51.1 Å². The van der Waals surface area contributed by atoms with Gasteiger partial charge in [-0.05, 0) is 53.6 Å². The molecule has 0 N–H and O–H groups in total. The second-order valence-corrected chi connectivity index (χ2v) is 11.9. The minimum atomic E-state index is 0.693. The predicted octanol–water partition coefficient (Wildman–Crippen LogP) is 11.9. The van der Waals surface area contributed by atoms with Gasteiger partial charge in [0, 0.05) is 44.7 Å². The fraction of sp³-hybridized carbons (Fsp3) is 0. The molecule has 2 heterocycles. The minimum absolute atomic E-state index is 0.693. The molecule has 2 aromatic heterocycles. The van der Waals surface area contributed by atoms with Gasteiger partial charge in [-0.25, -0.2) is 4.98 Å². The van der Waals surface area contributed by atoms with E-state index in [-0.39, 0.29) is 0 Å². The van der Waals surface area contributed by atoms with E-state index in [0.29, 0.717) is 5.75 Å². The summed E-state index contributed by atoms with van der Waals surface area (Å²) in [6, 6.07) is 53.4. The van der Waals surface area contributed by atoms with Crippen molar-refractivity contribution >= 4 is 37.7 Å². The van der Waals surface area contributed by atoms with Crippen molar-refractivity contribution in [1.82, 2.24) is 9.55 Å². The number of pyridine rings is 1. The number of hydrogen-bond acceptors (Lipinski definition) is 3. The van der Waals surface area contributed by atoms with Crippen LogP contribution in [0.2, 0.25) is 0 Å². The van der Waals surface area contributed by atoms with E-state index in [1.54, 1.807) is 6.20 Å². The van der Waals surface area contributed by atoms with E-state index in [9.17, 15) is 0 Å². The lowest BCUT2D eigenvalue weighted by Crippen LogP contribution is -1.99. The molecule has 0 aliphatic rings. The van der Waals surface area contributed by atoms with Gasteiger partial charge in [0.1, 0.15) is 28.8 Å². The third kappa shape index (κ3) is 5.31. The number of para-hydroxylation sites is 2. The molecule has 0 fully saturated rings. The number of rotatable bonds is 7. The van der Waals surface area contributed by atoms with E-state index in [1.165, 1.54) is 0 Å². The lowest BCUT2D eigenvalue weighted by molar-refractivity contribution is 0.483. The molecule has 0 saturated heterocycles. The van der Waals surface area contributed by atoms with Crippen LogP contribution >= 0.6 is 15.9 Å². The Balaban J connectivity index is 1.26. The molecule has 0 aliphatic carbocycles. The Morgan fingerprint density at radius 1 is 0.478 bits per heavy atom. The zero-order valence-electron chi connectivity index (χ0n) is 24.7. The van der Waals surface area contributed by atoms with Gasteiger partial charge in [-0.2, -0.15) is 0 Å². The lowest BCUT2D eigenvalue weighted by Gasteiger charge is -2.17. The van der Waals surface area contributed by atoms with Crippen molar-refractivity contribution in [3.05, 3.63) is 168 Å². The summed E-state index contributed by atoms with van der Waals surface area (Å²) < 4.78 is 16.3. The third-order valence-corrected chi connectivity index (χ3v) is 8.52. The van der Waals surface area contributed by atoms with Crippen molar-refractivity contribution in [2.24, 2.45) is 0 Å². The summed E-state index contributed by atoms with van der Waals surface area (Å²) in [6.07, 6.45) is 1.81. The molecule has 0 unspecified atom stereocenters. The zero-order valence-corrected chi connectivity index (χ0v) is 26.3. The first-order valence-corrected chi connectivity index (χ1v) is 15.9. The summed E-state index contributed by atoms with van der Waals surface area (Å²) in [4.78, 5) is 4.85. The highest BCUT2D eigenvalue weighted by Gasteiger charge is 2.17. The molecule has 220 valence electrons. The summed E-state index contributed by atoms with van der Waals surface area (Å²) >= 11 is 3.54. The fourth-order valence-electron chi connectivity index (χ4n) is 5.97. The topological polar surface area (TPSA) is 36.3 Å². The summed E-state index contributed by atoms with van der Waals surface area (Å²) in [5.74, 6) is 3.74. The highest BCUT2D eigenvalue weighted by Crippen LogP contribution is 2.42. The molecule has 0 saturated carbocycles. The molecule has 5 heteroatoms. The van der Waals surface area contributed by atoms with Crippen LogP contribution < -0.4 is 9.47 Å². The van der Waals surface area contributed by atoms with Crippen molar-refractivity contribution in [1.29, 1.82) is 0 Å². The first-order chi connectivity index (χ1) is 22.7. The Labute approximate surface area is 275 Å². The predicted molar refractivity (Wildman–Crippen MR) is 190 cm³/mol. The van der Waals surface area contributed by atoms with E-state index >= 15 is 0 Å². The van der Waals surface area contributed by atoms with E-state index in [4.69, 9.17) is 14.5 Å². The van der Waals surface area contributed by atoms with Crippen molar-refractivity contribution in [2.45, 2.75) is 0 Å². The number of benzene rings is 6. The summed E-state index contributed by atoms with van der Waals surface area (Å²) in [6.45, 7) is 0. The number of ether oxygens (including phenoxy) is 2. The lowest BCUT2D eigenvalue weighted by atomic mass is 9.97. The SMILES string of the molecule is Brc1cccc(Oc2ccc3c4ccccc4n(-c4cc(Oc5c(-c6ccccc6)cccc5-c5ccccc5)ccn4)c3c2)c1. The average Bonchev–Trinajstić information content (AvgIpc) is 3.43. The molecule has 0 aliphatic heterocycles. The highest BCUT2D eigenvalue weighted by molar-refractivity contribution is 9.10. The van der Waals surface area contributed by atoms with Crippen molar-refractivity contribution in [3.63, 3.8) is 0 Å². The number of fused-ring (bicyclic) bond motifs is 3. The summed E-state index contributed by atoms with van der Waals surface area (Å²) in [7, 11) is 0. The molecule has 4 nitrogen and oxygen atoms in total. The second kappa shape index (κ2) is 12.0. The van der Waals surface area contributed by atoms with Gasteiger partial charge in [-0.1, -0.05) is 119 Å². The Kier molecular flexibility index (Phi) is 7.29. The van der Waals surface area contributed by atoms with Crippen LogP contribution in [0.15, 0.2) is 168 Å². The Morgan fingerprint density at radius 3 is 1.85 bits per heavy atom. The van der Waals surface area contributed by atoms with Crippen LogP contribution in [-0.2, 0) is 0 Å². The quantitative estimate of drug-likeness (QED) is 0.171. The van der Waals surface area contributed by atoms with Crippen molar-refractivity contribution in [2.75, 3.05) is 0 Å². The highest BCUT2D eigenvalue weighted by atomic mass is 79.9. The molecule has 0 amide bonds. The van der Waals surface area contributed by atoms with Gasteiger partial charge in [0.25, 0.3) is 0 Å². The third-order valence-electron chi connectivity index (χ3n) is 8.03. The zero-order chi connectivity index (χ0) is 30.9. The number of nitrogens with zero attached hydrogens (tertiary/aromatic N) is 2. The van der Waals surface area contributed by atoms with Gasteiger partial charge in [-0.15, -0.1) is 0 Å². The Bertz CT molecular complexity index is 2270. The first kappa shape index (κ1) is 27.9. The van der Waals surface area contributed by atoms with Crippen LogP contribution in [0.4, 0.5) is 0 Å². The molecule has 46 heavy (non-hydrogen) atoms. The molecule has 0 bridgehead atoms. The smallest absolute Gasteiger partial charge is 0.143 e. The molecule has 0 atom stereocenters. The van der Waals surface area contributed by atoms with E-state index in [0.717, 1.165) is 71.6 Å². The van der Waals surface area contributed by atoms with Crippen LogP contribution in [0.5, 0.6) is 23.0 Å². The maximum absolute atomic E-state index is 6.84. The maximum atomic E-state index is 6.84. The van der Waals surface area contributed by atoms with Gasteiger partial charge in [-0.3, -0.25) is 4.57 Å². The molecular formula is C41H27BrN2O2. The summed E-state index contributed by atoms with van der Waals surface area (Å²) in [5.41, 5.74) is 6.26. The number of halogens is 1. The normalized spacial score (nSPS) is 11.2. The van der Waals surface area contributed by atoms with Crippen LogP contribution in [0.1, 0.15) is 0 Å². The largest absolute Gasteiger partial charge is 0.457 e. The average molecular weight is 660 g/mol. The van der Waals surface area contributed by atoms with Gasteiger partial charge >= 0.3 is 0 Å². The molecule has 6 aromatic carbocycles. The van der Waals surface area contributed by atoms with Crippen LogP contribution in [-0.4, -0.2) is 9.55 Å². The van der Waals surface area contributed by atoms with Gasteiger partial charge in [0.05, 0.1) is 11.0 Å². The van der Waals surface area contributed by atoms with Crippen LogP contribution in [0.3, 0.4) is 0 Å². The van der Waals surface area contributed by atoms with Gasteiger partial charge in [0.2, 0.25) is 0 Å². The van der Waals surface area contributed by atoms with Crippen LogP contribution in [0.25, 0.3) is 49.9 Å². The fourth-order valence-corrected chi connectivity index (χ4v) is 6.35. The first-order valence-electron chi connectivity index (χ1n) is 15.1. The van der Waals surface area contributed by atoms with E-state index < -0.39 is 0 Å². The van der Waals surface area contributed by atoms with Gasteiger partial charge < -0.3 is 9.47 Å².